The summed E-state index contributed by atoms with van der Waals surface area (Å²) in [5.41, 5.74) is 1.49. The highest BCUT2D eigenvalue weighted by molar-refractivity contribution is 6.04. The van der Waals surface area contributed by atoms with E-state index >= 15 is 0 Å². The first-order valence-corrected chi connectivity index (χ1v) is 8.31. The van der Waals surface area contributed by atoms with Gasteiger partial charge in [0.1, 0.15) is 12.4 Å². The molecule has 4 heteroatoms. The summed E-state index contributed by atoms with van der Waals surface area (Å²) in [4.78, 5) is 16.6. The van der Waals surface area contributed by atoms with Gasteiger partial charge in [0.25, 0.3) is 0 Å². The Morgan fingerprint density at radius 2 is 1.81 bits per heavy atom. The van der Waals surface area contributed by atoms with E-state index in [-0.39, 0.29) is 12.6 Å². The molecule has 0 aliphatic carbocycles. The van der Waals surface area contributed by atoms with Gasteiger partial charge in [-0.15, -0.1) is 0 Å². The Labute approximate surface area is 151 Å². The average Bonchev–Trinajstić information content (AvgIpc) is 2.71. The Morgan fingerprint density at radius 3 is 2.69 bits per heavy atom. The largest absolute Gasteiger partial charge is 0.497 e. The summed E-state index contributed by atoms with van der Waals surface area (Å²) in [6, 6.07) is 19.3. The van der Waals surface area contributed by atoms with E-state index < -0.39 is 0 Å². The molecule has 0 saturated carbocycles. The first-order valence-electron chi connectivity index (χ1n) is 8.31. The number of methoxy groups -OCH3 is 1. The highest BCUT2D eigenvalue weighted by Crippen LogP contribution is 2.23. The van der Waals surface area contributed by atoms with Crippen LogP contribution >= 0.6 is 0 Å². The molecule has 0 unspecified atom stereocenters. The summed E-state index contributed by atoms with van der Waals surface area (Å²) in [6.45, 7) is 0.224. The van der Waals surface area contributed by atoms with Crippen molar-refractivity contribution in [1.82, 2.24) is 4.98 Å². The van der Waals surface area contributed by atoms with Crippen LogP contribution in [0.1, 0.15) is 15.9 Å². The predicted octanol–water partition coefficient (Wildman–Crippen LogP) is 4.75. The van der Waals surface area contributed by atoms with Crippen LogP contribution in [-0.2, 0) is 11.3 Å². The lowest BCUT2D eigenvalue weighted by molar-refractivity contribution is 0.0475. The monoisotopic (exact) mass is 343 g/mol. The fourth-order valence-electron chi connectivity index (χ4n) is 3.02. The molecule has 0 amide bonds. The van der Waals surface area contributed by atoms with E-state index in [2.05, 4.69) is 4.98 Å². The molecule has 0 saturated heterocycles. The molecular weight excluding hydrogens is 326 g/mol. The molecule has 4 nitrogen and oxygen atoms in total. The molecule has 0 aliphatic rings. The molecule has 0 bridgehead atoms. The minimum absolute atomic E-state index is 0.224. The van der Waals surface area contributed by atoms with Crippen LogP contribution in [0.15, 0.2) is 73.1 Å². The van der Waals surface area contributed by atoms with Gasteiger partial charge in [-0.3, -0.25) is 4.98 Å². The maximum absolute atomic E-state index is 12.5. The molecule has 0 aliphatic heterocycles. The fourth-order valence-corrected chi connectivity index (χ4v) is 3.02. The van der Waals surface area contributed by atoms with Gasteiger partial charge < -0.3 is 9.47 Å². The second-order valence-electron chi connectivity index (χ2n) is 6.03. The number of hydrogen-bond donors (Lipinski definition) is 0. The second kappa shape index (κ2) is 6.84. The number of benzene rings is 3. The van der Waals surface area contributed by atoms with Crippen LogP contribution < -0.4 is 4.74 Å². The van der Waals surface area contributed by atoms with E-state index in [9.17, 15) is 4.79 Å². The van der Waals surface area contributed by atoms with Gasteiger partial charge in [0.05, 0.1) is 12.7 Å². The molecule has 0 N–H and O–H groups in total. The van der Waals surface area contributed by atoms with E-state index in [1.165, 1.54) is 0 Å². The predicted molar refractivity (Wildman–Crippen MR) is 101 cm³/mol. The van der Waals surface area contributed by atoms with Crippen LogP contribution in [0.25, 0.3) is 21.5 Å². The first kappa shape index (κ1) is 16.1. The average molecular weight is 343 g/mol. The number of rotatable bonds is 4. The molecule has 1 aromatic heterocycles. The van der Waals surface area contributed by atoms with Crippen molar-refractivity contribution in [1.29, 1.82) is 0 Å². The number of nitrogens with zero attached hydrogens (tertiary/aromatic N) is 1. The number of carbonyl (C=O) groups is 1. The lowest BCUT2D eigenvalue weighted by Crippen LogP contribution is -2.06. The molecule has 0 fully saturated rings. The first-order chi connectivity index (χ1) is 12.7. The zero-order valence-electron chi connectivity index (χ0n) is 14.3. The molecule has 4 aromatic rings. The van der Waals surface area contributed by atoms with Crippen molar-refractivity contribution >= 4 is 27.5 Å². The maximum atomic E-state index is 12.5. The van der Waals surface area contributed by atoms with Crippen LogP contribution in [0.5, 0.6) is 5.75 Å². The van der Waals surface area contributed by atoms with Crippen molar-refractivity contribution in [2.75, 3.05) is 7.11 Å². The Kier molecular flexibility index (Phi) is 4.23. The number of pyridine rings is 1. The molecule has 0 spiro atoms. The van der Waals surface area contributed by atoms with Crippen LogP contribution in [0.4, 0.5) is 0 Å². The third-order valence-electron chi connectivity index (χ3n) is 4.38. The zero-order valence-corrected chi connectivity index (χ0v) is 14.3. The van der Waals surface area contributed by atoms with Gasteiger partial charge in [-0.2, -0.15) is 0 Å². The Bertz CT molecular complexity index is 1100. The quantitative estimate of drug-likeness (QED) is 0.502. The van der Waals surface area contributed by atoms with Gasteiger partial charge in [-0.25, -0.2) is 4.79 Å². The van der Waals surface area contributed by atoms with Crippen molar-refractivity contribution in [3.8, 4) is 5.75 Å². The molecular formula is C22H17NO3. The minimum atomic E-state index is -0.336. The Balaban J connectivity index is 1.54. The van der Waals surface area contributed by atoms with E-state index in [0.29, 0.717) is 5.56 Å². The Hall–Kier alpha value is -3.40. The van der Waals surface area contributed by atoms with Gasteiger partial charge in [-0.1, -0.05) is 30.3 Å². The Morgan fingerprint density at radius 1 is 0.962 bits per heavy atom. The van der Waals surface area contributed by atoms with Crippen LogP contribution in [-0.4, -0.2) is 18.1 Å². The number of carbonyl (C=O) groups excluding carboxylic acids is 1. The van der Waals surface area contributed by atoms with E-state index in [4.69, 9.17) is 9.47 Å². The van der Waals surface area contributed by atoms with E-state index in [0.717, 1.165) is 32.9 Å². The standard InChI is InChI=1S/C22H17NO3/c1-25-19-8-7-16-11-15(5-6-17(16)12-19)14-26-22(24)21-4-2-3-18-13-23-10-9-20(18)21/h2-13H,14H2,1H3. The van der Waals surface area contributed by atoms with Gasteiger partial charge in [-0.05, 0) is 52.1 Å². The maximum Gasteiger partial charge on any atom is 0.339 e. The number of fused-ring (bicyclic) bond motifs is 2. The number of aromatic nitrogens is 1. The summed E-state index contributed by atoms with van der Waals surface area (Å²) >= 11 is 0. The smallest absolute Gasteiger partial charge is 0.339 e. The lowest BCUT2D eigenvalue weighted by atomic mass is 10.1. The molecule has 1 heterocycles. The van der Waals surface area contributed by atoms with Crippen molar-refractivity contribution in [2.24, 2.45) is 0 Å². The molecule has 26 heavy (non-hydrogen) atoms. The van der Waals surface area contributed by atoms with Gasteiger partial charge in [0.2, 0.25) is 0 Å². The fraction of sp³-hybridized carbons (Fsp3) is 0.0909. The lowest BCUT2D eigenvalue weighted by Gasteiger charge is -2.09. The third-order valence-corrected chi connectivity index (χ3v) is 4.38. The summed E-state index contributed by atoms with van der Waals surface area (Å²) in [5, 5.41) is 3.93. The number of esters is 1. The number of ether oxygens (including phenoxy) is 2. The van der Waals surface area contributed by atoms with E-state index in [1.54, 1.807) is 25.6 Å². The molecule has 0 radical (unpaired) electrons. The third kappa shape index (κ3) is 3.09. The van der Waals surface area contributed by atoms with Crippen molar-refractivity contribution < 1.29 is 14.3 Å². The summed E-state index contributed by atoms with van der Waals surface area (Å²) < 4.78 is 10.8. The van der Waals surface area contributed by atoms with Gasteiger partial charge in [0, 0.05) is 17.8 Å². The molecule has 0 atom stereocenters. The zero-order chi connectivity index (χ0) is 17.9. The molecule has 4 rings (SSSR count). The highest BCUT2D eigenvalue weighted by Gasteiger charge is 2.11. The van der Waals surface area contributed by atoms with Gasteiger partial charge >= 0.3 is 5.97 Å². The molecule has 3 aromatic carbocycles. The molecule has 128 valence electrons. The normalized spacial score (nSPS) is 10.8. The summed E-state index contributed by atoms with van der Waals surface area (Å²) in [7, 11) is 1.65. The van der Waals surface area contributed by atoms with Crippen molar-refractivity contribution in [3.05, 3.63) is 84.2 Å². The summed E-state index contributed by atoms with van der Waals surface area (Å²) in [5.74, 6) is 0.485. The number of hydrogen-bond acceptors (Lipinski definition) is 4. The second-order valence-corrected chi connectivity index (χ2v) is 6.03. The summed E-state index contributed by atoms with van der Waals surface area (Å²) in [6.07, 6.45) is 3.42. The van der Waals surface area contributed by atoms with Crippen molar-refractivity contribution in [2.45, 2.75) is 6.61 Å². The van der Waals surface area contributed by atoms with Crippen molar-refractivity contribution in [3.63, 3.8) is 0 Å². The minimum Gasteiger partial charge on any atom is -0.497 e. The highest BCUT2D eigenvalue weighted by atomic mass is 16.5. The van der Waals surface area contributed by atoms with E-state index in [1.807, 2.05) is 54.6 Å². The van der Waals surface area contributed by atoms with Crippen LogP contribution in [0.3, 0.4) is 0 Å². The van der Waals surface area contributed by atoms with Gasteiger partial charge in [0.15, 0.2) is 0 Å². The van der Waals surface area contributed by atoms with Crippen LogP contribution in [0.2, 0.25) is 0 Å². The SMILES string of the molecule is COc1ccc2cc(COC(=O)c3cccc4cnccc34)ccc2c1. The van der Waals surface area contributed by atoms with Crippen LogP contribution in [0, 0.1) is 0 Å². The topological polar surface area (TPSA) is 48.4 Å².